The van der Waals surface area contributed by atoms with Gasteiger partial charge in [0.25, 0.3) is 0 Å². The molecule has 1 aliphatic heterocycles. The molecule has 4 heteroatoms. The predicted molar refractivity (Wildman–Crippen MR) is 79.7 cm³/mol. The van der Waals surface area contributed by atoms with Crippen molar-refractivity contribution in [2.24, 2.45) is 0 Å². The molecule has 0 amide bonds. The van der Waals surface area contributed by atoms with Gasteiger partial charge in [-0.3, -0.25) is 4.90 Å². The van der Waals surface area contributed by atoms with Crippen LogP contribution < -0.4 is 4.74 Å². The Labute approximate surface area is 124 Å². The lowest BCUT2D eigenvalue weighted by Crippen LogP contribution is -2.25. The van der Waals surface area contributed by atoms with E-state index in [9.17, 15) is 4.39 Å². The lowest BCUT2D eigenvalue weighted by molar-refractivity contribution is 0.189. The van der Waals surface area contributed by atoms with E-state index in [0.717, 1.165) is 26.1 Å². The monoisotopic (exact) mass is 286 g/mol. The number of hydrogen-bond donors (Lipinski definition) is 0. The molecule has 1 saturated heterocycles. The highest BCUT2D eigenvalue weighted by Crippen LogP contribution is 2.19. The Morgan fingerprint density at radius 1 is 1.24 bits per heavy atom. The predicted octanol–water partition coefficient (Wildman–Crippen LogP) is 3.18. The Morgan fingerprint density at radius 2 is 2.10 bits per heavy atom. The van der Waals surface area contributed by atoms with Crippen molar-refractivity contribution in [2.75, 3.05) is 13.1 Å². The Hall–Kier alpha value is -1.94. The highest BCUT2D eigenvalue weighted by atomic mass is 19.1. The van der Waals surface area contributed by atoms with Crippen LogP contribution in [0.15, 0.2) is 42.5 Å². The van der Waals surface area contributed by atoms with Gasteiger partial charge in [0.2, 0.25) is 11.8 Å². The summed E-state index contributed by atoms with van der Waals surface area (Å²) < 4.78 is 18.8. The molecule has 0 aliphatic carbocycles. The van der Waals surface area contributed by atoms with Gasteiger partial charge in [-0.05, 0) is 30.5 Å². The fraction of sp³-hybridized carbons (Fsp3) is 0.353. The Morgan fingerprint density at radius 3 is 2.90 bits per heavy atom. The molecule has 0 radical (unpaired) electrons. The van der Waals surface area contributed by atoms with Gasteiger partial charge in [0.05, 0.1) is 0 Å². The zero-order valence-electron chi connectivity index (χ0n) is 12.1. The van der Waals surface area contributed by atoms with Gasteiger partial charge < -0.3 is 4.74 Å². The van der Waals surface area contributed by atoms with Gasteiger partial charge >= 0.3 is 0 Å². The molecule has 1 atom stereocenters. The maximum atomic E-state index is 13.0. The molecular formula is C17H19FN2O. The van der Waals surface area contributed by atoms with E-state index in [0.29, 0.717) is 5.88 Å². The van der Waals surface area contributed by atoms with E-state index in [2.05, 4.69) is 41.1 Å². The first-order valence-electron chi connectivity index (χ1n) is 7.27. The van der Waals surface area contributed by atoms with E-state index in [4.69, 9.17) is 4.74 Å². The van der Waals surface area contributed by atoms with Crippen LogP contribution in [0.5, 0.6) is 5.88 Å². The van der Waals surface area contributed by atoms with Crippen LogP contribution in [0, 0.1) is 12.9 Å². The Bertz CT molecular complexity index is 617. The summed E-state index contributed by atoms with van der Waals surface area (Å²) in [5.74, 6) is -0.125. The summed E-state index contributed by atoms with van der Waals surface area (Å²) in [6.45, 7) is 4.92. The van der Waals surface area contributed by atoms with Gasteiger partial charge in [-0.25, -0.2) is 0 Å². The number of aryl methyl sites for hydroxylation is 1. The molecule has 0 saturated carbocycles. The van der Waals surface area contributed by atoms with Gasteiger partial charge in [0.1, 0.15) is 6.10 Å². The first kappa shape index (κ1) is 14.0. The van der Waals surface area contributed by atoms with Crippen LogP contribution in [0.25, 0.3) is 0 Å². The van der Waals surface area contributed by atoms with Crippen molar-refractivity contribution < 1.29 is 9.13 Å². The lowest BCUT2D eigenvalue weighted by atomic mass is 10.1. The fourth-order valence-electron chi connectivity index (χ4n) is 2.69. The van der Waals surface area contributed by atoms with E-state index < -0.39 is 5.95 Å². The minimum absolute atomic E-state index is 0.0864. The van der Waals surface area contributed by atoms with Crippen molar-refractivity contribution in [2.45, 2.75) is 26.0 Å². The minimum Gasteiger partial charge on any atom is -0.473 e. The molecule has 1 fully saturated rings. The van der Waals surface area contributed by atoms with Gasteiger partial charge in [-0.2, -0.15) is 9.37 Å². The van der Waals surface area contributed by atoms with Crippen LogP contribution in [0.3, 0.4) is 0 Å². The number of ether oxygens (including phenoxy) is 1. The van der Waals surface area contributed by atoms with E-state index in [1.54, 1.807) is 12.1 Å². The van der Waals surface area contributed by atoms with Crippen LogP contribution in [0.2, 0.25) is 0 Å². The smallest absolute Gasteiger partial charge is 0.216 e. The van der Waals surface area contributed by atoms with Crippen LogP contribution in [0.4, 0.5) is 4.39 Å². The Kier molecular flexibility index (Phi) is 4.15. The first-order valence-corrected chi connectivity index (χ1v) is 7.27. The van der Waals surface area contributed by atoms with Crippen LogP contribution in [-0.2, 0) is 6.54 Å². The highest BCUT2D eigenvalue weighted by molar-refractivity contribution is 5.25. The number of hydrogen-bond acceptors (Lipinski definition) is 3. The van der Waals surface area contributed by atoms with Crippen molar-refractivity contribution >= 4 is 0 Å². The average Bonchev–Trinajstić information content (AvgIpc) is 2.89. The number of halogens is 1. The lowest BCUT2D eigenvalue weighted by Gasteiger charge is -2.17. The Balaban J connectivity index is 1.57. The second kappa shape index (κ2) is 6.22. The SMILES string of the molecule is Cc1ccccc1CN1CCC(Oc2cccc(F)n2)C1. The second-order valence-electron chi connectivity index (χ2n) is 5.49. The summed E-state index contributed by atoms with van der Waals surface area (Å²) in [5, 5.41) is 0. The van der Waals surface area contributed by atoms with Crippen LogP contribution >= 0.6 is 0 Å². The number of nitrogens with zero attached hydrogens (tertiary/aromatic N) is 2. The maximum absolute atomic E-state index is 13.0. The van der Waals surface area contributed by atoms with Crippen molar-refractivity contribution in [3.05, 3.63) is 59.5 Å². The van der Waals surface area contributed by atoms with E-state index in [1.165, 1.54) is 17.2 Å². The number of pyridine rings is 1. The molecule has 1 unspecified atom stereocenters. The maximum Gasteiger partial charge on any atom is 0.216 e. The zero-order valence-corrected chi connectivity index (χ0v) is 12.1. The molecule has 2 heterocycles. The van der Waals surface area contributed by atoms with Crippen molar-refractivity contribution in [3.63, 3.8) is 0 Å². The molecule has 1 aromatic heterocycles. The molecule has 0 bridgehead atoms. The molecule has 21 heavy (non-hydrogen) atoms. The standard InChI is InChI=1S/C17H19FN2O/c1-13-5-2-3-6-14(13)11-20-10-9-15(12-20)21-17-8-4-7-16(18)19-17/h2-8,15H,9-12H2,1H3. The van der Waals surface area contributed by atoms with Gasteiger partial charge in [0.15, 0.2) is 0 Å². The third-order valence-electron chi connectivity index (χ3n) is 3.86. The summed E-state index contributed by atoms with van der Waals surface area (Å²) in [7, 11) is 0. The molecule has 1 aromatic carbocycles. The summed E-state index contributed by atoms with van der Waals surface area (Å²) in [6, 6.07) is 13.1. The van der Waals surface area contributed by atoms with Crippen LogP contribution in [-0.4, -0.2) is 29.1 Å². The van der Waals surface area contributed by atoms with E-state index in [-0.39, 0.29) is 6.10 Å². The summed E-state index contributed by atoms with van der Waals surface area (Å²) in [5.41, 5.74) is 2.66. The molecule has 110 valence electrons. The quantitative estimate of drug-likeness (QED) is 0.807. The molecule has 0 spiro atoms. The molecule has 2 aromatic rings. The highest BCUT2D eigenvalue weighted by Gasteiger charge is 2.24. The van der Waals surface area contributed by atoms with Gasteiger partial charge in [-0.15, -0.1) is 0 Å². The first-order chi connectivity index (χ1) is 10.2. The summed E-state index contributed by atoms with van der Waals surface area (Å²) in [6.07, 6.45) is 1.03. The molecular weight excluding hydrogens is 267 g/mol. The van der Waals surface area contributed by atoms with Crippen molar-refractivity contribution in [1.29, 1.82) is 0 Å². The normalized spacial score (nSPS) is 18.9. The number of rotatable bonds is 4. The minimum atomic E-state index is -0.498. The third-order valence-corrected chi connectivity index (χ3v) is 3.86. The van der Waals surface area contributed by atoms with E-state index in [1.807, 2.05) is 0 Å². The van der Waals surface area contributed by atoms with Gasteiger partial charge in [-0.1, -0.05) is 30.3 Å². The number of likely N-dealkylation sites (tertiary alicyclic amines) is 1. The fourth-order valence-corrected chi connectivity index (χ4v) is 2.69. The largest absolute Gasteiger partial charge is 0.473 e. The number of aromatic nitrogens is 1. The summed E-state index contributed by atoms with van der Waals surface area (Å²) >= 11 is 0. The molecule has 3 nitrogen and oxygen atoms in total. The number of benzene rings is 1. The topological polar surface area (TPSA) is 25.4 Å². The molecule has 3 rings (SSSR count). The van der Waals surface area contributed by atoms with Gasteiger partial charge in [0, 0.05) is 25.7 Å². The van der Waals surface area contributed by atoms with Crippen LogP contribution in [0.1, 0.15) is 17.5 Å². The summed E-state index contributed by atoms with van der Waals surface area (Å²) in [4.78, 5) is 6.12. The molecule has 1 aliphatic rings. The van der Waals surface area contributed by atoms with Crippen molar-refractivity contribution in [3.8, 4) is 5.88 Å². The van der Waals surface area contributed by atoms with E-state index >= 15 is 0 Å². The van der Waals surface area contributed by atoms with Crippen molar-refractivity contribution in [1.82, 2.24) is 9.88 Å². The zero-order chi connectivity index (χ0) is 14.7. The second-order valence-corrected chi connectivity index (χ2v) is 5.49. The molecule has 0 N–H and O–H groups in total. The average molecular weight is 286 g/mol. The third kappa shape index (κ3) is 3.58.